The van der Waals surface area contributed by atoms with E-state index < -0.39 is 0 Å². The third kappa shape index (κ3) is 3.71. The smallest absolute Gasteiger partial charge is 0.223 e. The van der Waals surface area contributed by atoms with Gasteiger partial charge in [-0.05, 0) is 52.6 Å². The van der Waals surface area contributed by atoms with Gasteiger partial charge in [0.1, 0.15) is 0 Å². The molecule has 0 atom stereocenters. The van der Waals surface area contributed by atoms with Crippen LogP contribution in [0.5, 0.6) is 0 Å². The standard InChI is InChI=1S/C15H28N2O/c1-12(2)17-10-8-13(9-11-17)15(18)16-14-6-4-3-5-7-14/h12-14H,3-11H2,1-2H3,(H,16,18). The number of amides is 1. The Balaban J connectivity index is 1.73. The molecule has 1 saturated heterocycles. The minimum Gasteiger partial charge on any atom is -0.353 e. The van der Waals surface area contributed by atoms with E-state index in [2.05, 4.69) is 24.1 Å². The van der Waals surface area contributed by atoms with E-state index in [4.69, 9.17) is 0 Å². The number of carbonyl (C=O) groups is 1. The molecule has 0 spiro atoms. The first kappa shape index (κ1) is 13.9. The fourth-order valence-electron chi connectivity index (χ4n) is 3.24. The van der Waals surface area contributed by atoms with Crippen LogP contribution in [-0.4, -0.2) is 36.0 Å². The van der Waals surface area contributed by atoms with Crippen LogP contribution in [0.3, 0.4) is 0 Å². The topological polar surface area (TPSA) is 32.3 Å². The van der Waals surface area contributed by atoms with E-state index in [-0.39, 0.29) is 5.92 Å². The first-order valence-corrected chi connectivity index (χ1v) is 7.71. The lowest BCUT2D eigenvalue weighted by Gasteiger charge is -2.34. The maximum Gasteiger partial charge on any atom is 0.223 e. The monoisotopic (exact) mass is 252 g/mol. The molecule has 0 aromatic heterocycles. The Morgan fingerprint density at radius 3 is 2.22 bits per heavy atom. The van der Waals surface area contributed by atoms with Crippen molar-refractivity contribution < 1.29 is 4.79 Å². The summed E-state index contributed by atoms with van der Waals surface area (Å²) in [6, 6.07) is 1.08. The summed E-state index contributed by atoms with van der Waals surface area (Å²) < 4.78 is 0. The van der Waals surface area contributed by atoms with E-state index in [9.17, 15) is 4.79 Å². The van der Waals surface area contributed by atoms with Crippen molar-refractivity contribution in [2.45, 2.75) is 70.9 Å². The molecule has 0 aromatic carbocycles. The van der Waals surface area contributed by atoms with Crippen LogP contribution in [0.15, 0.2) is 0 Å². The molecule has 0 unspecified atom stereocenters. The largest absolute Gasteiger partial charge is 0.353 e. The van der Waals surface area contributed by atoms with E-state index in [1.54, 1.807) is 0 Å². The summed E-state index contributed by atoms with van der Waals surface area (Å²) in [5.74, 6) is 0.590. The lowest BCUT2D eigenvalue weighted by Crippen LogP contribution is -2.45. The number of nitrogens with zero attached hydrogens (tertiary/aromatic N) is 1. The molecular formula is C15H28N2O. The van der Waals surface area contributed by atoms with E-state index in [0.29, 0.717) is 18.0 Å². The fraction of sp³-hybridized carbons (Fsp3) is 0.933. The van der Waals surface area contributed by atoms with Crippen molar-refractivity contribution in [1.29, 1.82) is 0 Å². The Morgan fingerprint density at radius 1 is 1.06 bits per heavy atom. The Bertz CT molecular complexity index is 264. The Hall–Kier alpha value is -0.570. The molecule has 1 N–H and O–H groups in total. The molecule has 1 heterocycles. The van der Waals surface area contributed by atoms with E-state index in [1.165, 1.54) is 32.1 Å². The van der Waals surface area contributed by atoms with Crippen LogP contribution < -0.4 is 5.32 Å². The minimum absolute atomic E-state index is 0.266. The van der Waals surface area contributed by atoms with Crippen molar-refractivity contribution >= 4 is 5.91 Å². The second-order valence-electron chi connectivity index (χ2n) is 6.25. The summed E-state index contributed by atoms with van der Waals surface area (Å²) in [6.45, 7) is 6.64. The summed E-state index contributed by atoms with van der Waals surface area (Å²) in [7, 11) is 0. The van der Waals surface area contributed by atoms with Crippen LogP contribution in [0.4, 0.5) is 0 Å². The zero-order valence-corrected chi connectivity index (χ0v) is 12.0. The van der Waals surface area contributed by atoms with Crippen LogP contribution in [0.2, 0.25) is 0 Å². The average molecular weight is 252 g/mol. The van der Waals surface area contributed by atoms with Gasteiger partial charge in [-0.25, -0.2) is 0 Å². The van der Waals surface area contributed by atoms with Crippen LogP contribution in [0, 0.1) is 5.92 Å². The minimum atomic E-state index is 0.266. The summed E-state index contributed by atoms with van der Waals surface area (Å²) in [4.78, 5) is 14.7. The van der Waals surface area contributed by atoms with Crippen molar-refractivity contribution in [2.75, 3.05) is 13.1 Å². The van der Waals surface area contributed by atoms with Crippen LogP contribution in [0.25, 0.3) is 0 Å². The summed E-state index contributed by atoms with van der Waals surface area (Å²) in [5, 5.41) is 3.28. The highest BCUT2D eigenvalue weighted by Gasteiger charge is 2.27. The molecule has 2 fully saturated rings. The normalized spacial score (nSPS) is 24.4. The summed E-state index contributed by atoms with van der Waals surface area (Å²) in [6.07, 6.45) is 8.38. The van der Waals surface area contributed by atoms with E-state index in [0.717, 1.165) is 25.9 Å². The van der Waals surface area contributed by atoms with Gasteiger partial charge in [-0.1, -0.05) is 19.3 Å². The molecule has 2 aliphatic rings. The van der Waals surface area contributed by atoms with Crippen molar-refractivity contribution in [3.05, 3.63) is 0 Å². The molecule has 2 rings (SSSR count). The number of hydrogen-bond donors (Lipinski definition) is 1. The third-order valence-electron chi connectivity index (χ3n) is 4.58. The summed E-state index contributed by atoms with van der Waals surface area (Å²) in [5.41, 5.74) is 0. The van der Waals surface area contributed by atoms with Crippen LogP contribution in [-0.2, 0) is 4.79 Å². The van der Waals surface area contributed by atoms with Gasteiger partial charge in [-0.15, -0.1) is 0 Å². The lowest BCUT2D eigenvalue weighted by molar-refractivity contribution is -0.127. The molecule has 3 heteroatoms. The molecule has 0 bridgehead atoms. The Labute approximate surface area is 111 Å². The molecule has 3 nitrogen and oxygen atoms in total. The lowest BCUT2D eigenvalue weighted by atomic mass is 9.92. The quantitative estimate of drug-likeness (QED) is 0.837. The van der Waals surface area contributed by atoms with Crippen molar-refractivity contribution in [3.8, 4) is 0 Å². The SMILES string of the molecule is CC(C)N1CCC(C(=O)NC2CCCCC2)CC1. The maximum atomic E-state index is 12.2. The molecule has 0 radical (unpaired) electrons. The number of nitrogens with one attached hydrogen (secondary N) is 1. The molecule has 0 aromatic rings. The maximum absolute atomic E-state index is 12.2. The average Bonchev–Trinajstić information content (AvgIpc) is 2.40. The summed E-state index contributed by atoms with van der Waals surface area (Å²) >= 11 is 0. The number of hydrogen-bond acceptors (Lipinski definition) is 2. The van der Waals surface area contributed by atoms with Crippen molar-refractivity contribution in [1.82, 2.24) is 10.2 Å². The molecular weight excluding hydrogens is 224 g/mol. The van der Waals surface area contributed by atoms with Gasteiger partial charge < -0.3 is 10.2 Å². The van der Waals surface area contributed by atoms with Crippen molar-refractivity contribution in [2.24, 2.45) is 5.92 Å². The van der Waals surface area contributed by atoms with Gasteiger partial charge in [0.25, 0.3) is 0 Å². The zero-order chi connectivity index (χ0) is 13.0. The van der Waals surface area contributed by atoms with Gasteiger partial charge in [0.2, 0.25) is 5.91 Å². The highest BCUT2D eigenvalue weighted by atomic mass is 16.1. The van der Waals surface area contributed by atoms with Crippen LogP contribution in [0.1, 0.15) is 58.8 Å². The predicted molar refractivity (Wildman–Crippen MR) is 74.4 cm³/mol. The van der Waals surface area contributed by atoms with Gasteiger partial charge in [-0.2, -0.15) is 0 Å². The highest BCUT2D eigenvalue weighted by molar-refractivity contribution is 5.79. The molecule has 18 heavy (non-hydrogen) atoms. The van der Waals surface area contributed by atoms with E-state index >= 15 is 0 Å². The van der Waals surface area contributed by atoms with Crippen LogP contribution >= 0.6 is 0 Å². The number of likely N-dealkylation sites (tertiary alicyclic amines) is 1. The number of rotatable bonds is 3. The van der Waals surface area contributed by atoms with Gasteiger partial charge in [0.15, 0.2) is 0 Å². The molecule has 1 aliphatic heterocycles. The first-order chi connectivity index (χ1) is 8.66. The fourth-order valence-corrected chi connectivity index (χ4v) is 3.24. The highest BCUT2D eigenvalue weighted by Crippen LogP contribution is 2.21. The second kappa shape index (κ2) is 6.55. The Kier molecular flexibility index (Phi) is 5.04. The van der Waals surface area contributed by atoms with Gasteiger partial charge >= 0.3 is 0 Å². The zero-order valence-electron chi connectivity index (χ0n) is 12.0. The van der Waals surface area contributed by atoms with E-state index in [1.807, 2.05) is 0 Å². The number of carbonyl (C=O) groups excluding carboxylic acids is 1. The predicted octanol–water partition coefficient (Wildman–Crippen LogP) is 2.56. The van der Waals surface area contributed by atoms with Gasteiger partial charge in [-0.3, -0.25) is 4.79 Å². The Morgan fingerprint density at radius 2 is 1.67 bits per heavy atom. The third-order valence-corrected chi connectivity index (χ3v) is 4.58. The first-order valence-electron chi connectivity index (χ1n) is 7.71. The van der Waals surface area contributed by atoms with Gasteiger partial charge in [0.05, 0.1) is 0 Å². The molecule has 1 aliphatic carbocycles. The van der Waals surface area contributed by atoms with Gasteiger partial charge in [0, 0.05) is 18.0 Å². The van der Waals surface area contributed by atoms with Crippen molar-refractivity contribution in [3.63, 3.8) is 0 Å². The molecule has 104 valence electrons. The molecule has 1 amide bonds. The molecule has 1 saturated carbocycles. The second-order valence-corrected chi connectivity index (χ2v) is 6.25. The number of piperidine rings is 1.